The Balaban J connectivity index is 2.10. The van der Waals surface area contributed by atoms with Crippen molar-refractivity contribution in [3.8, 4) is 5.75 Å². The minimum absolute atomic E-state index is 0.0182. The van der Waals surface area contributed by atoms with E-state index in [0.717, 1.165) is 16.9 Å². The Morgan fingerprint density at radius 3 is 2.56 bits per heavy atom. The number of amides is 1. The Morgan fingerprint density at radius 2 is 1.92 bits per heavy atom. The standard InChI is InChI=1S/C20H24ClNO3/c1-22(14-15-7-6-10-17(13-15)25-2)20(24)19(21)18(11-12-23)16-8-4-3-5-9-16/h3-10,13,18-19,23H,11-12,14H2,1-2H3. The second-order valence-electron chi connectivity index (χ2n) is 5.98. The number of ether oxygens (including phenoxy) is 1. The molecular weight excluding hydrogens is 338 g/mol. The summed E-state index contributed by atoms with van der Waals surface area (Å²) < 4.78 is 5.22. The predicted octanol–water partition coefficient (Wildman–Crippen LogP) is 3.43. The van der Waals surface area contributed by atoms with Crippen LogP contribution in [-0.2, 0) is 11.3 Å². The molecule has 0 fully saturated rings. The van der Waals surface area contributed by atoms with E-state index in [1.54, 1.807) is 19.1 Å². The minimum Gasteiger partial charge on any atom is -0.497 e. The maximum atomic E-state index is 12.8. The Labute approximate surface area is 154 Å². The summed E-state index contributed by atoms with van der Waals surface area (Å²) in [6, 6.07) is 17.2. The van der Waals surface area contributed by atoms with Crippen LogP contribution in [0.4, 0.5) is 0 Å². The number of carbonyl (C=O) groups excluding carboxylic acids is 1. The maximum absolute atomic E-state index is 12.8. The van der Waals surface area contributed by atoms with Crippen molar-refractivity contribution in [3.05, 3.63) is 65.7 Å². The fourth-order valence-corrected chi connectivity index (χ4v) is 3.26. The van der Waals surface area contributed by atoms with Crippen LogP contribution in [-0.4, -0.2) is 42.1 Å². The lowest BCUT2D eigenvalue weighted by Crippen LogP contribution is -2.36. The van der Waals surface area contributed by atoms with Crippen molar-refractivity contribution in [3.63, 3.8) is 0 Å². The number of alkyl halides is 1. The third-order valence-electron chi connectivity index (χ3n) is 4.19. The molecule has 2 rings (SSSR count). The van der Waals surface area contributed by atoms with Crippen molar-refractivity contribution in [2.75, 3.05) is 20.8 Å². The van der Waals surface area contributed by atoms with E-state index in [1.807, 2.05) is 54.6 Å². The van der Waals surface area contributed by atoms with Gasteiger partial charge in [-0.3, -0.25) is 4.79 Å². The lowest BCUT2D eigenvalue weighted by atomic mass is 9.91. The summed E-state index contributed by atoms with van der Waals surface area (Å²) in [7, 11) is 3.35. The van der Waals surface area contributed by atoms with Gasteiger partial charge in [-0.25, -0.2) is 0 Å². The van der Waals surface area contributed by atoms with E-state index >= 15 is 0 Å². The number of hydrogen-bond acceptors (Lipinski definition) is 3. The van der Waals surface area contributed by atoms with E-state index < -0.39 is 5.38 Å². The molecule has 0 radical (unpaired) electrons. The minimum atomic E-state index is -0.731. The molecule has 25 heavy (non-hydrogen) atoms. The first-order valence-corrected chi connectivity index (χ1v) is 8.68. The molecular formula is C20H24ClNO3. The summed E-state index contributed by atoms with van der Waals surface area (Å²) in [4.78, 5) is 14.4. The number of rotatable bonds is 8. The lowest BCUT2D eigenvalue weighted by Gasteiger charge is -2.26. The molecule has 0 saturated carbocycles. The second-order valence-corrected chi connectivity index (χ2v) is 6.45. The van der Waals surface area contributed by atoms with Gasteiger partial charge in [-0.15, -0.1) is 11.6 Å². The molecule has 0 bridgehead atoms. The monoisotopic (exact) mass is 361 g/mol. The fourth-order valence-electron chi connectivity index (χ4n) is 2.83. The molecule has 2 aromatic rings. The molecule has 0 heterocycles. The Kier molecular flexibility index (Phi) is 7.29. The Morgan fingerprint density at radius 1 is 1.20 bits per heavy atom. The van der Waals surface area contributed by atoms with Crippen LogP contribution in [0.1, 0.15) is 23.5 Å². The van der Waals surface area contributed by atoms with Gasteiger partial charge < -0.3 is 14.7 Å². The van der Waals surface area contributed by atoms with Crippen molar-refractivity contribution >= 4 is 17.5 Å². The highest BCUT2D eigenvalue weighted by Gasteiger charge is 2.29. The molecule has 2 aromatic carbocycles. The van der Waals surface area contributed by atoms with E-state index in [1.165, 1.54) is 0 Å². The quantitative estimate of drug-likeness (QED) is 0.733. The highest BCUT2D eigenvalue weighted by molar-refractivity contribution is 6.31. The number of halogens is 1. The zero-order valence-corrected chi connectivity index (χ0v) is 15.3. The van der Waals surface area contributed by atoms with Gasteiger partial charge in [0.05, 0.1) is 7.11 Å². The average Bonchev–Trinajstić information content (AvgIpc) is 2.65. The molecule has 1 N–H and O–H groups in total. The summed E-state index contributed by atoms with van der Waals surface area (Å²) in [5.74, 6) is 0.364. The Hall–Kier alpha value is -2.04. The van der Waals surface area contributed by atoms with E-state index in [2.05, 4.69) is 0 Å². The zero-order chi connectivity index (χ0) is 18.2. The van der Waals surface area contributed by atoms with Crippen LogP contribution in [0.3, 0.4) is 0 Å². The van der Waals surface area contributed by atoms with Gasteiger partial charge in [0, 0.05) is 26.1 Å². The van der Waals surface area contributed by atoms with E-state index in [4.69, 9.17) is 16.3 Å². The van der Waals surface area contributed by atoms with Gasteiger partial charge >= 0.3 is 0 Å². The highest BCUT2D eigenvalue weighted by atomic mass is 35.5. The molecule has 0 aliphatic carbocycles. The average molecular weight is 362 g/mol. The van der Waals surface area contributed by atoms with Gasteiger partial charge in [-0.1, -0.05) is 42.5 Å². The molecule has 0 aliphatic heterocycles. The zero-order valence-electron chi connectivity index (χ0n) is 14.6. The fraction of sp³-hybridized carbons (Fsp3) is 0.350. The molecule has 2 atom stereocenters. The molecule has 134 valence electrons. The van der Waals surface area contributed by atoms with Gasteiger partial charge in [0.1, 0.15) is 11.1 Å². The maximum Gasteiger partial charge on any atom is 0.241 e. The highest BCUT2D eigenvalue weighted by Crippen LogP contribution is 2.28. The van der Waals surface area contributed by atoms with Crippen molar-refractivity contribution in [1.29, 1.82) is 0 Å². The molecule has 0 spiro atoms. The van der Waals surface area contributed by atoms with E-state index in [-0.39, 0.29) is 18.4 Å². The number of benzene rings is 2. The smallest absolute Gasteiger partial charge is 0.241 e. The van der Waals surface area contributed by atoms with Crippen molar-refractivity contribution in [2.24, 2.45) is 0 Å². The number of aliphatic hydroxyl groups is 1. The summed E-state index contributed by atoms with van der Waals surface area (Å²) in [6.45, 7) is 0.426. The number of aliphatic hydroxyl groups excluding tert-OH is 1. The van der Waals surface area contributed by atoms with Crippen LogP contribution < -0.4 is 4.74 Å². The largest absolute Gasteiger partial charge is 0.497 e. The first kappa shape index (κ1) is 19.3. The predicted molar refractivity (Wildman–Crippen MR) is 100.0 cm³/mol. The van der Waals surface area contributed by atoms with Crippen molar-refractivity contribution < 1.29 is 14.6 Å². The molecule has 0 aliphatic rings. The summed E-state index contributed by atoms with van der Waals surface area (Å²) >= 11 is 6.50. The van der Waals surface area contributed by atoms with Crippen LogP contribution in [0.5, 0.6) is 5.75 Å². The normalized spacial score (nSPS) is 13.1. The summed E-state index contributed by atoms with van der Waals surface area (Å²) in [5, 5.41) is 8.63. The Bertz CT molecular complexity index is 678. The first-order valence-electron chi connectivity index (χ1n) is 8.24. The number of carbonyl (C=O) groups is 1. The summed E-state index contributed by atoms with van der Waals surface area (Å²) in [5.41, 5.74) is 1.93. The molecule has 0 aromatic heterocycles. The molecule has 2 unspecified atom stereocenters. The second kappa shape index (κ2) is 9.44. The molecule has 5 heteroatoms. The van der Waals surface area contributed by atoms with Crippen molar-refractivity contribution in [1.82, 2.24) is 4.90 Å². The lowest BCUT2D eigenvalue weighted by molar-refractivity contribution is -0.130. The third-order valence-corrected chi connectivity index (χ3v) is 4.68. The number of hydrogen-bond donors (Lipinski definition) is 1. The van der Waals surface area contributed by atoms with Gasteiger partial charge in [-0.2, -0.15) is 0 Å². The summed E-state index contributed by atoms with van der Waals surface area (Å²) in [6.07, 6.45) is 0.441. The van der Waals surface area contributed by atoms with Crippen molar-refractivity contribution in [2.45, 2.75) is 24.3 Å². The van der Waals surface area contributed by atoms with Crippen LogP contribution in [0.25, 0.3) is 0 Å². The van der Waals surface area contributed by atoms with Crippen LogP contribution in [0.15, 0.2) is 54.6 Å². The van der Waals surface area contributed by atoms with Gasteiger partial charge in [0.15, 0.2) is 0 Å². The van der Waals surface area contributed by atoms with E-state index in [0.29, 0.717) is 13.0 Å². The third kappa shape index (κ3) is 5.21. The molecule has 0 saturated heterocycles. The van der Waals surface area contributed by atoms with E-state index in [9.17, 15) is 9.90 Å². The van der Waals surface area contributed by atoms with Gasteiger partial charge in [0.2, 0.25) is 5.91 Å². The van der Waals surface area contributed by atoms with Crippen LogP contribution >= 0.6 is 11.6 Å². The first-order chi connectivity index (χ1) is 12.1. The number of methoxy groups -OCH3 is 1. The molecule has 4 nitrogen and oxygen atoms in total. The SMILES string of the molecule is COc1cccc(CN(C)C(=O)C(Cl)C(CCO)c2ccccc2)c1. The topological polar surface area (TPSA) is 49.8 Å². The van der Waals surface area contributed by atoms with Gasteiger partial charge in [-0.05, 0) is 29.7 Å². The number of nitrogens with zero attached hydrogens (tertiary/aromatic N) is 1. The van der Waals surface area contributed by atoms with Crippen LogP contribution in [0.2, 0.25) is 0 Å². The molecule has 1 amide bonds. The van der Waals surface area contributed by atoms with Crippen LogP contribution in [0, 0.1) is 0 Å². The van der Waals surface area contributed by atoms with Gasteiger partial charge in [0.25, 0.3) is 0 Å².